The lowest BCUT2D eigenvalue weighted by molar-refractivity contribution is -0.121. The topological polar surface area (TPSA) is 58.4 Å². The average molecular weight is 267 g/mol. The summed E-state index contributed by atoms with van der Waals surface area (Å²) in [4.78, 5) is 13.2. The minimum absolute atomic E-state index is 0.0443. The van der Waals surface area contributed by atoms with Crippen molar-refractivity contribution in [3.05, 3.63) is 35.6 Å². The van der Waals surface area contributed by atoms with E-state index in [2.05, 4.69) is 10.3 Å². The van der Waals surface area contributed by atoms with Crippen LogP contribution in [0.3, 0.4) is 0 Å². The van der Waals surface area contributed by atoms with Crippen LogP contribution in [0, 0.1) is 5.82 Å². The lowest BCUT2D eigenvalue weighted by Gasteiger charge is -2.31. The molecule has 0 aliphatic heterocycles. The summed E-state index contributed by atoms with van der Waals surface area (Å²) in [5.41, 5.74) is 2.78. The molecular formula is C14H22FN3O. The molecule has 0 bridgehead atoms. The molecule has 3 N–H and O–H groups in total. The molecule has 2 atom stereocenters. The predicted molar refractivity (Wildman–Crippen MR) is 73.6 cm³/mol. The van der Waals surface area contributed by atoms with Crippen molar-refractivity contribution in [2.24, 2.45) is 5.84 Å². The highest BCUT2D eigenvalue weighted by atomic mass is 19.1. The summed E-state index contributed by atoms with van der Waals surface area (Å²) >= 11 is 0. The van der Waals surface area contributed by atoms with Gasteiger partial charge in [-0.05, 0) is 33.4 Å². The molecule has 0 spiro atoms. The second-order valence-electron chi connectivity index (χ2n) is 4.82. The number of nitrogens with two attached hydrogens (primary N) is 1. The molecule has 0 aliphatic rings. The Morgan fingerprint density at radius 2 is 2.05 bits per heavy atom. The maximum absolute atomic E-state index is 13.7. The third-order valence-corrected chi connectivity index (χ3v) is 3.61. The van der Waals surface area contributed by atoms with Crippen LogP contribution in [0.4, 0.5) is 4.39 Å². The Kier molecular flexibility index (Phi) is 5.92. The molecule has 0 saturated heterocycles. The van der Waals surface area contributed by atoms with Crippen LogP contribution in [-0.4, -0.2) is 23.9 Å². The van der Waals surface area contributed by atoms with Gasteiger partial charge in [-0.1, -0.05) is 18.2 Å². The van der Waals surface area contributed by atoms with E-state index in [0.29, 0.717) is 18.4 Å². The maximum atomic E-state index is 13.7. The van der Waals surface area contributed by atoms with E-state index in [1.807, 2.05) is 27.0 Å². The van der Waals surface area contributed by atoms with Crippen molar-refractivity contribution in [1.29, 1.82) is 0 Å². The number of nitrogens with zero attached hydrogens (tertiary/aromatic N) is 1. The van der Waals surface area contributed by atoms with E-state index in [-0.39, 0.29) is 23.8 Å². The Bertz CT molecular complexity index is 425. The standard InChI is InChI=1S/C14H22FN3O/c1-10(8-9-14(19)17-16)18(3)11(2)12-6-4-5-7-13(12)15/h4-7,10-11H,8-9,16H2,1-3H3,(H,17,19). The van der Waals surface area contributed by atoms with Crippen LogP contribution in [0.2, 0.25) is 0 Å². The zero-order chi connectivity index (χ0) is 14.4. The van der Waals surface area contributed by atoms with Crippen LogP contribution in [0.5, 0.6) is 0 Å². The third kappa shape index (κ3) is 4.29. The minimum Gasteiger partial charge on any atom is -0.297 e. The fraction of sp³-hybridized carbons (Fsp3) is 0.500. The van der Waals surface area contributed by atoms with Crippen LogP contribution in [0.25, 0.3) is 0 Å². The summed E-state index contributed by atoms with van der Waals surface area (Å²) < 4.78 is 13.7. The molecule has 5 heteroatoms. The molecule has 1 rings (SSSR count). The molecular weight excluding hydrogens is 245 g/mol. The van der Waals surface area contributed by atoms with Crippen LogP contribution in [-0.2, 0) is 4.79 Å². The SMILES string of the molecule is CC(CCC(=O)NN)N(C)C(C)c1ccccc1F. The van der Waals surface area contributed by atoms with Crippen molar-refractivity contribution >= 4 is 5.91 Å². The van der Waals surface area contributed by atoms with Crippen LogP contribution < -0.4 is 11.3 Å². The van der Waals surface area contributed by atoms with E-state index in [0.717, 1.165) is 0 Å². The lowest BCUT2D eigenvalue weighted by atomic mass is 10.0. The second kappa shape index (κ2) is 7.21. The molecule has 1 aromatic rings. The number of nitrogens with one attached hydrogen (secondary N) is 1. The Labute approximate surface area is 113 Å². The Morgan fingerprint density at radius 1 is 1.42 bits per heavy atom. The summed E-state index contributed by atoms with van der Waals surface area (Å²) in [6.07, 6.45) is 1.05. The maximum Gasteiger partial charge on any atom is 0.233 e. The first-order valence-electron chi connectivity index (χ1n) is 6.43. The van der Waals surface area contributed by atoms with E-state index < -0.39 is 0 Å². The highest BCUT2D eigenvalue weighted by Crippen LogP contribution is 2.24. The number of hydrazine groups is 1. The Morgan fingerprint density at radius 3 is 2.63 bits per heavy atom. The highest BCUT2D eigenvalue weighted by molar-refractivity contribution is 5.75. The molecule has 1 aromatic carbocycles. The third-order valence-electron chi connectivity index (χ3n) is 3.61. The predicted octanol–water partition coefficient (Wildman–Crippen LogP) is 1.98. The lowest BCUT2D eigenvalue weighted by Crippen LogP contribution is -2.35. The summed E-state index contributed by atoms with van der Waals surface area (Å²) in [7, 11) is 1.93. The van der Waals surface area contributed by atoms with Crippen molar-refractivity contribution in [2.45, 2.75) is 38.8 Å². The first-order valence-corrected chi connectivity index (χ1v) is 6.43. The van der Waals surface area contributed by atoms with Gasteiger partial charge in [-0.3, -0.25) is 15.1 Å². The van der Waals surface area contributed by atoms with Gasteiger partial charge in [0.2, 0.25) is 5.91 Å². The van der Waals surface area contributed by atoms with Gasteiger partial charge in [0, 0.05) is 24.1 Å². The minimum atomic E-state index is -0.200. The fourth-order valence-corrected chi connectivity index (χ4v) is 2.03. The van der Waals surface area contributed by atoms with Crippen LogP contribution in [0.15, 0.2) is 24.3 Å². The average Bonchev–Trinajstić information content (AvgIpc) is 2.43. The van der Waals surface area contributed by atoms with Gasteiger partial charge in [-0.2, -0.15) is 0 Å². The van der Waals surface area contributed by atoms with Crippen LogP contribution in [0.1, 0.15) is 38.3 Å². The van der Waals surface area contributed by atoms with Crippen molar-refractivity contribution in [3.63, 3.8) is 0 Å². The quantitative estimate of drug-likeness (QED) is 0.471. The molecule has 19 heavy (non-hydrogen) atoms. The smallest absolute Gasteiger partial charge is 0.233 e. The zero-order valence-corrected chi connectivity index (χ0v) is 11.7. The molecule has 0 aliphatic carbocycles. The number of amides is 1. The molecule has 4 nitrogen and oxygen atoms in total. The van der Waals surface area contributed by atoms with E-state index in [9.17, 15) is 9.18 Å². The van der Waals surface area contributed by atoms with Crippen molar-refractivity contribution < 1.29 is 9.18 Å². The second-order valence-corrected chi connectivity index (χ2v) is 4.82. The van der Waals surface area contributed by atoms with Crippen molar-refractivity contribution in [3.8, 4) is 0 Å². The van der Waals surface area contributed by atoms with Gasteiger partial charge in [0.15, 0.2) is 0 Å². The summed E-state index contributed by atoms with van der Waals surface area (Å²) in [6.45, 7) is 3.97. The van der Waals surface area contributed by atoms with E-state index in [1.165, 1.54) is 6.07 Å². The molecule has 0 aromatic heterocycles. The monoisotopic (exact) mass is 267 g/mol. The van der Waals surface area contributed by atoms with Crippen molar-refractivity contribution in [2.75, 3.05) is 7.05 Å². The molecule has 0 radical (unpaired) electrons. The number of benzene rings is 1. The molecule has 1 amide bonds. The van der Waals surface area contributed by atoms with E-state index in [4.69, 9.17) is 5.84 Å². The van der Waals surface area contributed by atoms with Crippen molar-refractivity contribution in [1.82, 2.24) is 10.3 Å². The molecule has 0 saturated carbocycles. The zero-order valence-electron chi connectivity index (χ0n) is 11.7. The summed E-state index contributed by atoms with van der Waals surface area (Å²) in [5, 5.41) is 0. The van der Waals surface area contributed by atoms with Gasteiger partial charge < -0.3 is 0 Å². The highest BCUT2D eigenvalue weighted by Gasteiger charge is 2.20. The van der Waals surface area contributed by atoms with Gasteiger partial charge >= 0.3 is 0 Å². The number of carbonyl (C=O) groups is 1. The largest absolute Gasteiger partial charge is 0.297 e. The number of hydrogen-bond acceptors (Lipinski definition) is 3. The summed E-state index contributed by atoms with van der Waals surface area (Å²) in [6, 6.07) is 6.88. The first kappa shape index (κ1) is 15.6. The van der Waals surface area contributed by atoms with E-state index >= 15 is 0 Å². The molecule has 0 fully saturated rings. The van der Waals surface area contributed by atoms with Crippen LogP contribution >= 0.6 is 0 Å². The molecule has 0 heterocycles. The van der Waals surface area contributed by atoms with E-state index in [1.54, 1.807) is 12.1 Å². The van der Waals surface area contributed by atoms with Gasteiger partial charge in [0.25, 0.3) is 0 Å². The number of carbonyl (C=O) groups excluding carboxylic acids is 1. The normalized spacial score (nSPS) is 14.2. The Hall–Kier alpha value is -1.46. The molecule has 2 unspecified atom stereocenters. The Balaban J connectivity index is 2.63. The summed E-state index contributed by atoms with van der Waals surface area (Å²) in [5.74, 6) is 4.66. The molecule has 106 valence electrons. The van der Waals surface area contributed by atoms with Gasteiger partial charge in [-0.25, -0.2) is 10.2 Å². The first-order chi connectivity index (χ1) is 8.97. The number of halogens is 1. The number of hydrogen-bond donors (Lipinski definition) is 2. The van der Waals surface area contributed by atoms with Gasteiger partial charge in [0.05, 0.1) is 0 Å². The number of rotatable bonds is 6. The van der Waals surface area contributed by atoms with Gasteiger partial charge in [0.1, 0.15) is 5.82 Å². The van der Waals surface area contributed by atoms with Gasteiger partial charge in [-0.15, -0.1) is 0 Å². The fourth-order valence-electron chi connectivity index (χ4n) is 2.03.